The molecule has 1 aliphatic heterocycles. The molecule has 0 amide bonds. The molecule has 0 aliphatic carbocycles. The van der Waals surface area contributed by atoms with E-state index in [1.807, 2.05) is 13.8 Å². The molecule has 0 aromatic rings. The van der Waals surface area contributed by atoms with Gasteiger partial charge in [0.25, 0.3) is 0 Å². The highest BCUT2D eigenvalue weighted by Gasteiger charge is 2.34. The zero-order valence-electron chi connectivity index (χ0n) is 7.41. The Morgan fingerprint density at radius 1 is 1.83 bits per heavy atom. The first-order valence-electron chi connectivity index (χ1n) is 4.18. The second kappa shape index (κ2) is 3.87. The molecule has 12 heavy (non-hydrogen) atoms. The Morgan fingerprint density at radius 3 is 2.92 bits per heavy atom. The molecular formula is C8H15NO3. The maximum atomic E-state index is 11.1. The summed E-state index contributed by atoms with van der Waals surface area (Å²) in [6.45, 7) is 4.30. The van der Waals surface area contributed by atoms with Crippen LogP contribution in [0.4, 0.5) is 0 Å². The zero-order valence-corrected chi connectivity index (χ0v) is 7.41. The molecule has 0 radical (unpaired) electrons. The molecule has 1 aliphatic rings. The highest BCUT2D eigenvalue weighted by atomic mass is 16.5. The van der Waals surface area contributed by atoms with Gasteiger partial charge >= 0.3 is 5.97 Å². The van der Waals surface area contributed by atoms with E-state index < -0.39 is 0 Å². The van der Waals surface area contributed by atoms with Crippen LogP contribution in [0.15, 0.2) is 0 Å². The number of esters is 1. The number of ether oxygens (including phenoxy) is 1. The van der Waals surface area contributed by atoms with Crippen molar-refractivity contribution in [2.45, 2.75) is 25.9 Å². The van der Waals surface area contributed by atoms with E-state index in [2.05, 4.69) is 5.32 Å². The molecular weight excluding hydrogens is 158 g/mol. The smallest absolute Gasteiger partial charge is 0.323 e. The van der Waals surface area contributed by atoms with Gasteiger partial charge in [-0.3, -0.25) is 10.1 Å². The minimum absolute atomic E-state index is 0.0382. The number of cyclic esters (lactones) is 1. The van der Waals surface area contributed by atoms with Crippen molar-refractivity contribution in [3.63, 3.8) is 0 Å². The molecule has 0 spiro atoms. The molecule has 1 fully saturated rings. The highest BCUT2D eigenvalue weighted by molar-refractivity contribution is 5.78. The van der Waals surface area contributed by atoms with E-state index in [9.17, 15) is 4.79 Å². The summed E-state index contributed by atoms with van der Waals surface area (Å²) in [6, 6.07) is -0.296. The average Bonchev–Trinajstić information content (AvgIpc) is 2.35. The molecule has 4 nitrogen and oxygen atoms in total. The van der Waals surface area contributed by atoms with Gasteiger partial charge in [0.05, 0.1) is 13.2 Å². The van der Waals surface area contributed by atoms with Crippen LogP contribution in [0.1, 0.15) is 13.8 Å². The topological polar surface area (TPSA) is 58.6 Å². The van der Waals surface area contributed by atoms with E-state index in [0.717, 1.165) is 0 Å². The SMILES string of the molecule is CC(CO)NC1C(=O)OCC1C. The monoisotopic (exact) mass is 173 g/mol. The summed E-state index contributed by atoms with van der Waals surface area (Å²) >= 11 is 0. The summed E-state index contributed by atoms with van der Waals surface area (Å²) < 4.78 is 4.84. The number of aliphatic hydroxyl groups is 1. The van der Waals surface area contributed by atoms with Crippen LogP contribution in [0.25, 0.3) is 0 Å². The molecule has 70 valence electrons. The fraction of sp³-hybridized carbons (Fsp3) is 0.875. The van der Waals surface area contributed by atoms with Crippen LogP contribution in [-0.4, -0.2) is 36.4 Å². The summed E-state index contributed by atoms with van der Waals surface area (Å²) in [6.07, 6.45) is 0. The Labute approximate surface area is 71.9 Å². The van der Waals surface area contributed by atoms with Gasteiger partial charge in [0.2, 0.25) is 0 Å². The first kappa shape index (κ1) is 9.48. The van der Waals surface area contributed by atoms with Gasteiger partial charge in [-0.1, -0.05) is 6.92 Å². The first-order valence-corrected chi connectivity index (χ1v) is 4.18. The predicted octanol–water partition coefficient (Wildman–Crippen LogP) is -0.482. The van der Waals surface area contributed by atoms with Crippen molar-refractivity contribution in [2.75, 3.05) is 13.2 Å². The third-order valence-corrected chi connectivity index (χ3v) is 2.05. The number of hydrogen-bond donors (Lipinski definition) is 2. The first-order chi connectivity index (χ1) is 5.65. The van der Waals surface area contributed by atoms with Gasteiger partial charge < -0.3 is 9.84 Å². The van der Waals surface area contributed by atoms with E-state index in [4.69, 9.17) is 9.84 Å². The third kappa shape index (κ3) is 1.95. The van der Waals surface area contributed by atoms with Crippen LogP contribution in [0.3, 0.4) is 0 Å². The standard InChI is InChI=1S/C8H15NO3/c1-5-4-12-8(11)7(5)9-6(2)3-10/h5-7,9-10H,3-4H2,1-2H3. The van der Waals surface area contributed by atoms with Crippen molar-refractivity contribution >= 4 is 5.97 Å². The molecule has 4 heteroatoms. The lowest BCUT2D eigenvalue weighted by Gasteiger charge is -2.17. The van der Waals surface area contributed by atoms with Gasteiger partial charge in [-0.15, -0.1) is 0 Å². The summed E-state index contributed by atoms with van der Waals surface area (Å²) in [5.74, 6) is -0.00528. The quantitative estimate of drug-likeness (QED) is 0.566. The number of carbonyl (C=O) groups excluding carboxylic acids is 1. The van der Waals surface area contributed by atoms with Gasteiger partial charge in [-0.05, 0) is 6.92 Å². The summed E-state index contributed by atoms with van der Waals surface area (Å²) in [5.41, 5.74) is 0. The van der Waals surface area contributed by atoms with Crippen LogP contribution >= 0.6 is 0 Å². The lowest BCUT2D eigenvalue weighted by atomic mass is 10.1. The van der Waals surface area contributed by atoms with E-state index in [1.54, 1.807) is 0 Å². The molecule has 3 atom stereocenters. The normalized spacial score (nSPS) is 31.8. The van der Waals surface area contributed by atoms with Crippen molar-refractivity contribution in [3.05, 3.63) is 0 Å². The van der Waals surface area contributed by atoms with Crippen molar-refractivity contribution in [1.82, 2.24) is 5.32 Å². The van der Waals surface area contributed by atoms with Crippen LogP contribution in [0, 0.1) is 5.92 Å². The van der Waals surface area contributed by atoms with Gasteiger partial charge in [0.15, 0.2) is 0 Å². The Morgan fingerprint density at radius 2 is 2.50 bits per heavy atom. The molecule has 0 aromatic carbocycles. The molecule has 2 N–H and O–H groups in total. The van der Waals surface area contributed by atoms with E-state index in [-0.39, 0.29) is 30.6 Å². The molecule has 1 rings (SSSR count). The Hall–Kier alpha value is -0.610. The minimum atomic E-state index is -0.243. The van der Waals surface area contributed by atoms with Crippen molar-refractivity contribution in [2.24, 2.45) is 5.92 Å². The van der Waals surface area contributed by atoms with Crippen LogP contribution in [0.2, 0.25) is 0 Å². The Balaban J connectivity index is 2.44. The van der Waals surface area contributed by atoms with Crippen LogP contribution in [-0.2, 0) is 9.53 Å². The van der Waals surface area contributed by atoms with Gasteiger partial charge in [0.1, 0.15) is 6.04 Å². The van der Waals surface area contributed by atoms with Crippen molar-refractivity contribution < 1.29 is 14.6 Å². The van der Waals surface area contributed by atoms with Crippen LogP contribution < -0.4 is 5.32 Å². The number of hydrogen-bond acceptors (Lipinski definition) is 4. The molecule has 3 unspecified atom stereocenters. The average molecular weight is 173 g/mol. The van der Waals surface area contributed by atoms with Crippen LogP contribution in [0.5, 0.6) is 0 Å². The second-order valence-corrected chi connectivity index (χ2v) is 3.34. The molecule has 0 bridgehead atoms. The van der Waals surface area contributed by atoms with E-state index in [1.165, 1.54) is 0 Å². The molecule has 0 saturated carbocycles. The Kier molecular flexibility index (Phi) is 3.05. The molecule has 1 saturated heterocycles. The molecule has 1 heterocycles. The summed E-state index contributed by atoms with van der Waals surface area (Å²) in [5, 5.41) is 11.8. The number of rotatable bonds is 3. The van der Waals surface area contributed by atoms with Gasteiger partial charge in [-0.25, -0.2) is 0 Å². The highest BCUT2D eigenvalue weighted by Crippen LogP contribution is 2.14. The maximum absolute atomic E-state index is 11.1. The van der Waals surface area contributed by atoms with E-state index >= 15 is 0 Å². The predicted molar refractivity (Wildman–Crippen MR) is 43.6 cm³/mol. The third-order valence-electron chi connectivity index (χ3n) is 2.05. The fourth-order valence-electron chi connectivity index (χ4n) is 1.22. The fourth-order valence-corrected chi connectivity index (χ4v) is 1.22. The van der Waals surface area contributed by atoms with Crippen molar-refractivity contribution in [1.29, 1.82) is 0 Å². The Bertz CT molecular complexity index is 172. The number of aliphatic hydroxyl groups excluding tert-OH is 1. The lowest BCUT2D eigenvalue weighted by molar-refractivity contribution is -0.139. The summed E-state index contributed by atoms with van der Waals surface area (Å²) in [7, 11) is 0. The van der Waals surface area contributed by atoms with Gasteiger partial charge in [-0.2, -0.15) is 0 Å². The lowest BCUT2D eigenvalue weighted by Crippen LogP contribution is -2.44. The number of carbonyl (C=O) groups is 1. The van der Waals surface area contributed by atoms with E-state index in [0.29, 0.717) is 6.61 Å². The maximum Gasteiger partial charge on any atom is 0.323 e. The summed E-state index contributed by atoms with van der Waals surface area (Å²) in [4.78, 5) is 11.1. The van der Waals surface area contributed by atoms with Crippen molar-refractivity contribution in [3.8, 4) is 0 Å². The number of nitrogens with one attached hydrogen (secondary N) is 1. The van der Waals surface area contributed by atoms with Gasteiger partial charge in [0, 0.05) is 12.0 Å². The molecule has 0 aromatic heterocycles. The second-order valence-electron chi connectivity index (χ2n) is 3.34. The largest absolute Gasteiger partial charge is 0.464 e. The zero-order chi connectivity index (χ0) is 9.14. The minimum Gasteiger partial charge on any atom is -0.464 e.